The highest BCUT2D eigenvalue weighted by atomic mass is 31.2. The van der Waals surface area contributed by atoms with Crippen LogP contribution in [0.3, 0.4) is 0 Å². The summed E-state index contributed by atoms with van der Waals surface area (Å²) in [6.07, 6.45) is -9.73. The Balaban J connectivity index is 1.14. The normalized spacial score (nSPS) is 34.7. The molecular weight excluding hydrogens is 753 g/mol. The van der Waals surface area contributed by atoms with Gasteiger partial charge in [-0.15, -0.1) is 0 Å². The van der Waals surface area contributed by atoms with E-state index in [0.29, 0.717) is 11.2 Å². The number of phosphoric acid groups is 1. The lowest BCUT2D eigenvalue weighted by Crippen LogP contribution is -2.46. The summed E-state index contributed by atoms with van der Waals surface area (Å²) in [6, 6.07) is -1.74. The van der Waals surface area contributed by atoms with E-state index < -0.39 is 96.1 Å². The molecule has 0 aliphatic carbocycles. The Morgan fingerprint density at radius 3 is 2.44 bits per heavy atom. The fraction of sp³-hybridized carbons (Fsp3) is 0.500. The van der Waals surface area contributed by atoms with E-state index in [1.807, 2.05) is 0 Å². The Morgan fingerprint density at radius 2 is 1.67 bits per heavy atom. The maximum absolute atomic E-state index is 13.6. The van der Waals surface area contributed by atoms with Crippen molar-refractivity contribution in [3.63, 3.8) is 0 Å². The number of nitrogen functional groups attached to an aromatic ring is 1. The zero-order chi connectivity index (χ0) is 36.7. The fourth-order valence-electron chi connectivity index (χ4n) is 6.27. The molecule has 5 aromatic heterocycles. The summed E-state index contributed by atoms with van der Waals surface area (Å²) >= 11 is 0. The molecule has 3 aliphatic heterocycles. The molecule has 52 heavy (non-hydrogen) atoms. The number of fused-ring (bicyclic) bond motifs is 7. The third-order valence-corrected chi connectivity index (χ3v) is 10.5. The monoisotopic (exact) mass is 779 g/mol. The molecule has 0 spiro atoms. The van der Waals surface area contributed by atoms with E-state index in [4.69, 9.17) is 33.5 Å². The fourth-order valence-corrected chi connectivity index (χ4v) is 8.31. The van der Waals surface area contributed by atoms with Crippen LogP contribution < -0.4 is 16.4 Å². The van der Waals surface area contributed by atoms with Crippen LogP contribution in [-0.4, -0.2) is 121 Å². The number of aromatic nitrogens is 9. The highest BCUT2D eigenvalue weighted by Crippen LogP contribution is 2.52. The molecular formula is C24H26F3N11O12P2. The summed E-state index contributed by atoms with van der Waals surface area (Å²) < 4.78 is 104. The van der Waals surface area contributed by atoms with E-state index in [1.54, 1.807) is 10.6 Å². The summed E-state index contributed by atoms with van der Waals surface area (Å²) in [5.41, 5.74) is 5.29. The molecule has 8 rings (SSSR count). The Bertz CT molecular complexity index is 2320. The Hall–Kier alpha value is -3.91. The number of phosphoric ester groups is 1. The van der Waals surface area contributed by atoms with Gasteiger partial charge in [0.1, 0.15) is 43.5 Å². The number of rotatable bonds is 4. The predicted octanol–water partition coefficient (Wildman–Crippen LogP) is -0.511. The van der Waals surface area contributed by atoms with Gasteiger partial charge in [-0.3, -0.25) is 36.9 Å². The van der Waals surface area contributed by atoms with Gasteiger partial charge in [-0.05, 0) is 0 Å². The van der Waals surface area contributed by atoms with Crippen LogP contribution in [0.2, 0.25) is 0 Å². The van der Waals surface area contributed by atoms with Crippen molar-refractivity contribution in [1.82, 2.24) is 48.5 Å². The van der Waals surface area contributed by atoms with E-state index in [0.717, 1.165) is 10.9 Å². The average Bonchev–Trinajstić information content (AvgIpc) is 3.88. The van der Waals surface area contributed by atoms with Crippen LogP contribution in [0.5, 0.6) is 0 Å². The average molecular weight is 779 g/mol. The number of aliphatic hydroxyl groups excluding tert-OH is 1. The number of anilines is 1. The Morgan fingerprint density at radius 1 is 0.962 bits per heavy atom. The molecule has 10 unspecified atom stereocenters. The van der Waals surface area contributed by atoms with Gasteiger partial charge in [-0.25, -0.2) is 34.2 Å². The number of halogens is 3. The number of aromatic amines is 1. The second kappa shape index (κ2) is 12.6. The van der Waals surface area contributed by atoms with Crippen LogP contribution in [0.4, 0.5) is 19.1 Å². The molecule has 2 bridgehead atoms. The Labute approximate surface area is 285 Å². The topological polar surface area (TPSA) is 300 Å². The van der Waals surface area contributed by atoms with Crippen molar-refractivity contribution in [2.45, 2.75) is 55.2 Å². The zero-order valence-electron chi connectivity index (χ0n) is 25.8. The third-order valence-electron chi connectivity index (χ3n) is 8.42. The molecule has 5 aromatic rings. The molecule has 8 heterocycles. The molecule has 0 saturated carbocycles. The number of ether oxygens (including phenoxy) is 3. The van der Waals surface area contributed by atoms with Crippen LogP contribution in [-0.2, 0) is 36.9 Å². The highest BCUT2D eigenvalue weighted by molar-refractivity contribution is 7.50. The minimum Gasteiger partial charge on any atom is -0.386 e. The second-order valence-corrected chi connectivity index (χ2v) is 14.8. The van der Waals surface area contributed by atoms with Crippen molar-refractivity contribution in [2.24, 2.45) is 0 Å². The first-order chi connectivity index (χ1) is 24.6. The molecule has 0 aromatic carbocycles. The number of hydrogen-bond donors (Lipinski definition) is 6. The number of H-pyrrole nitrogens is 1. The summed E-state index contributed by atoms with van der Waals surface area (Å²) in [5.74, 6) is -0.371. The van der Waals surface area contributed by atoms with Crippen LogP contribution in [0.15, 0.2) is 36.2 Å². The smallest absolute Gasteiger partial charge is 0.386 e. The molecule has 3 saturated heterocycles. The molecule has 3 fully saturated rings. The van der Waals surface area contributed by atoms with Gasteiger partial charge in [0.05, 0.1) is 31.9 Å². The van der Waals surface area contributed by atoms with Gasteiger partial charge >= 0.3 is 21.7 Å². The molecule has 0 amide bonds. The number of aliphatic hydroxyl groups is 1. The van der Waals surface area contributed by atoms with Gasteiger partial charge in [0.25, 0.3) is 5.56 Å². The van der Waals surface area contributed by atoms with Crippen LogP contribution in [0.1, 0.15) is 12.5 Å². The lowest BCUT2D eigenvalue weighted by atomic mass is 10.1. The van der Waals surface area contributed by atoms with Crippen molar-refractivity contribution in [2.75, 3.05) is 25.6 Å². The number of hydrogen-bond acceptors (Lipinski definition) is 16. The molecule has 280 valence electrons. The SMILES string of the molecule is Nc1nc2c(ncn2C2OC3COP(=O)(O)OC4C(COP(=O)(O)NC2C3OCC(F)(F)F)OC(n2cnc3c2ncn2ccnc32)C4O)c(=O)[nH]1. The summed E-state index contributed by atoms with van der Waals surface area (Å²) in [5, 5.41) is 13.6. The van der Waals surface area contributed by atoms with Gasteiger partial charge in [0, 0.05) is 12.4 Å². The molecule has 23 nitrogen and oxygen atoms in total. The first-order valence-corrected chi connectivity index (χ1v) is 18.1. The van der Waals surface area contributed by atoms with E-state index in [9.17, 15) is 42.0 Å². The van der Waals surface area contributed by atoms with Crippen molar-refractivity contribution in [1.29, 1.82) is 0 Å². The number of nitrogens with zero attached hydrogens (tertiary/aromatic N) is 8. The van der Waals surface area contributed by atoms with E-state index >= 15 is 0 Å². The first kappa shape index (κ1) is 35.1. The molecule has 7 N–H and O–H groups in total. The van der Waals surface area contributed by atoms with E-state index in [1.165, 1.54) is 23.4 Å². The van der Waals surface area contributed by atoms with Gasteiger partial charge < -0.3 is 34.8 Å². The summed E-state index contributed by atoms with van der Waals surface area (Å²) in [7, 11) is -10.4. The van der Waals surface area contributed by atoms with Gasteiger partial charge in [0.15, 0.2) is 40.4 Å². The van der Waals surface area contributed by atoms with Crippen molar-refractivity contribution in [3.05, 3.63) is 41.7 Å². The van der Waals surface area contributed by atoms with Crippen LogP contribution in [0.25, 0.3) is 28.0 Å². The third kappa shape index (κ3) is 6.39. The van der Waals surface area contributed by atoms with Gasteiger partial charge in [-0.2, -0.15) is 18.2 Å². The lowest BCUT2D eigenvalue weighted by Gasteiger charge is -2.28. The number of imidazole rings is 3. The highest BCUT2D eigenvalue weighted by Gasteiger charge is 2.54. The van der Waals surface area contributed by atoms with E-state index in [-0.39, 0.29) is 22.8 Å². The number of nitrogens with two attached hydrogens (primary N) is 1. The number of alkyl halides is 3. The second-order valence-electron chi connectivity index (χ2n) is 11.8. The van der Waals surface area contributed by atoms with Crippen LogP contribution >= 0.6 is 15.6 Å². The summed E-state index contributed by atoms with van der Waals surface area (Å²) in [4.78, 5) is 57.2. The molecule has 28 heteroatoms. The standard InChI is InChI=1S/C24H26F3N11O12P2/c25-24(26,27)5-45-15-9-4-47-52(43,44)50-16-10(49-22(14(16)39)37-7-30-12-17-29-1-2-36(17)6-32-18(12)37)3-46-51(41,42)35-11(15)21(48-9)38-8-31-13-19(38)33-23(28)34-20(13)40/h1-2,6-11,14-16,21-22,39H,3-5H2,(H,43,44)(H2,35,41,42)(H3,28,33,34,40). The van der Waals surface area contributed by atoms with E-state index in [2.05, 4.69) is 35.0 Å². The van der Waals surface area contributed by atoms with Crippen molar-refractivity contribution in [3.8, 4) is 0 Å². The minimum absolute atomic E-state index is 0.185. The van der Waals surface area contributed by atoms with Gasteiger partial charge in [-0.1, -0.05) is 0 Å². The molecule has 3 aliphatic rings. The zero-order valence-corrected chi connectivity index (χ0v) is 27.6. The van der Waals surface area contributed by atoms with Crippen molar-refractivity contribution < 1.29 is 65.0 Å². The quantitative estimate of drug-likeness (QED) is 0.125. The molecule has 10 atom stereocenters. The maximum Gasteiger partial charge on any atom is 0.472 e. The molecule has 0 radical (unpaired) electrons. The Kier molecular flexibility index (Phi) is 8.52. The largest absolute Gasteiger partial charge is 0.472 e. The van der Waals surface area contributed by atoms with Crippen molar-refractivity contribution >= 4 is 49.5 Å². The van der Waals surface area contributed by atoms with Gasteiger partial charge in [0.2, 0.25) is 5.95 Å². The predicted molar refractivity (Wildman–Crippen MR) is 162 cm³/mol. The van der Waals surface area contributed by atoms with Crippen LogP contribution in [0, 0.1) is 0 Å². The summed E-state index contributed by atoms with van der Waals surface area (Å²) in [6.45, 7) is -3.80. The maximum atomic E-state index is 13.6. The first-order valence-electron chi connectivity index (χ1n) is 15.0. The lowest BCUT2D eigenvalue weighted by molar-refractivity contribution is -0.192. The minimum atomic E-state index is -5.26. The number of nitrogens with one attached hydrogen (secondary N) is 2.